The van der Waals surface area contributed by atoms with Crippen LogP contribution in [-0.2, 0) is 4.79 Å². The third-order valence-electron chi connectivity index (χ3n) is 6.24. The predicted octanol–water partition coefficient (Wildman–Crippen LogP) is 1.19. The van der Waals surface area contributed by atoms with Gasteiger partial charge in [-0.15, -0.1) is 0 Å². The van der Waals surface area contributed by atoms with Crippen LogP contribution in [0.3, 0.4) is 0 Å². The van der Waals surface area contributed by atoms with E-state index in [0.29, 0.717) is 0 Å². The lowest BCUT2D eigenvalue weighted by Gasteiger charge is -2.42. The van der Waals surface area contributed by atoms with Crippen molar-refractivity contribution >= 4 is 23.6 Å². The van der Waals surface area contributed by atoms with E-state index < -0.39 is 0 Å². The largest absolute Gasteiger partial charge is 0.355 e. The zero-order chi connectivity index (χ0) is 18.5. The van der Waals surface area contributed by atoms with E-state index in [4.69, 9.17) is 0 Å². The van der Waals surface area contributed by atoms with Gasteiger partial charge in [0.1, 0.15) is 6.54 Å². The maximum atomic E-state index is 11.9. The predicted molar refractivity (Wildman–Crippen MR) is 110 cm³/mol. The second kappa shape index (κ2) is 9.31. The normalized spacial score (nSPS) is 29.3. The number of thioether (sulfide) groups is 1. The van der Waals surface area contributed by atoms with E-state index in [2.05, 4.69) is 26.4 Å². The highest BCUT2D eigenvalue weighted by atomic mass is 32.2. The average molecular weight is 382 g/mol. The van der Waals surface area contributed by atoms with Crippen LogP contribution in [-0.4, -0.2) is 98.0 Å². The van der Waals surface area contributed by atoms with Gasteiger partial charge in [0.25, 0.3) is 0 Å². The first kappa shape index (κ1) is 19.8. The first-order valence-electron chi connectivity index (χ1n) is 10.0. The molecule has 1 saturated heterocycles. The first-order chi connectivity index (χ1) is 12.6. The number of likely N-dealkylation sites (N-methyl/N-ethyl adjacent to an activating group) is 1. The third-order valence-corrected chi connectivity index (χ3v) is 6.85. The van der Waals surface area contributed by atoms with E-state index in [1.165, 1.54) is 25.7 Å². The first-order valence-corrected chi connectivity index (χ1v) is 11.4. The third kappa shape index (κ3) is 4.85. The van der Waals surface area contributed by atoms with Crippen molar-refractivity contribution in [3.05, 3.63) is 0 Å². The van der Waals surface area contributed by atoms with Crippen LogP contribution in [0.15, 0.2) is 4.99 Å². The fraction of sp³-hybridized carbons (Fsp3) is 0.895. The summed E-state index contributed by atoms with van der Waals surface area (Å²) in [6.07, 6.45) is 7.93. The number of amides is 1. The Bertz CT molecular complexity index is 504. The van der Waals surface area contributed by atoms with Gasteiger partial charge in [0.15, 0.2) is 5.96 Å². The fourth-order valence-electron chi connectivity index (χ4n) is 4.74. The maximum absolute atomic E-state index is 11.9. The van der Waals surface area contributed by atoms with E-state index in [1.807, 2.05) is 11.8 Å². The van der Waals surface area contributed by atoms with E-state index >= 15 is 0 Å². The molecule has 3 rings (SSSR count). The Morgan fingerprint density at radius 3 is 2.54 bits per heavy atom. The standard InChI is InChI=1S/C19H35N5OS/c1-22(2)18(25)14-21-19(20-6-11-26-3)24-9-7-23(8-10-24)17-13-15-4-5-16(17)12-15/h15-17H,4-14H2,1-3H3,(H,20,21). The van der Waals surface area contributed by atoms with Crippen molar-refractivity contribution in [3.8, 4) is 0 Å². The minimum atomic E-state index is 0.0507. The van der Waals surface area contributed by atoms with Gasteiger partial charge in [-0.25, -0.2) is 4.99 Å². The molecule has 1 N–H and O–H groups in total. The number of guanidine groups is 1. The summed E-state index contributed by atoms with van der Waals surface area (Å²) in [5, 5.41) is 3.46. The number of nitrogens with one attached hydrogen (secondary N) is 1. The lowest BCUT2D eigenvalue weighted by Crippen LogP contribution is -2.55. The molecular weight excluding hydrogens is 346 g/mol. The van der Waals surface area contributed by atoms with E-state index in [9.17, 15) is 4.79 Å². The Labute approximate surface area is 162 Å². The molecule has 6 nitrogen and oxygen atoms in total. The zero-order valence-electron chi connectivity index (χ0n) is 16.6. The lowest BCUT2D eigenvalue weighted by molar-refractivity contribution is -0.127. The summed E-state index contributed by atoms with van der Waals surface area (Å²) in [5.74, 6) is 3.96. The Morgan fingerprint density at radius 2 is 1.96 bits per heavy atom. The number of carbonyl (C=O) groups excluding carboxylic acids is 1. The van der Waals surface area contributed by atoms with Crippen LogP contribution >= 0.6 is 11.8 Å². The quantitative estimate of drug-likeness (QED) is 0.426. The Kier molecular flexibility index (Phi) is 7.09. The maximum Gasteiger partial charge on any atom is 0.243 e. The van der Waals surface area contributed by atoms with Crippen molar-refractivity contribution in [2.75, 3.05) is 65.4 Å². The molecule has 1 aliphatic heterocycles. The molecule has 7 heteroatoms. The Balaban J connectivity index is 1.53. The number of aliphatic imine (C=N–C) groups is 1. The highest BCUT2D eigenvalue weighted by Crippen LogP contribution is 2.46. The van der Waals surface area contributed by atoms with Crippen LogP contribution in [0.25, 0.3) is 0 Å². The monoisotopic (exact) mass is 381 g/mol. The number of fused-ring (bicyclic) bond motifs is 2. The summed E-state index contributed by atoms with van der Waals surface area (Å²) in [6.45, 7) is 5.38. The lowest BCUT2D eigenvalue weighted by atomic mass is 9.93. The number of hydrogen-bond acceptors (Lipinski definition) is 4. The minimum absolute atomic E-state index is 0.0507. The van der Waals surface area contributed by atoms with E-state index in [1.54, 1.807) is 19.0 Å². The molecule has 2 bridgehead atoms. The van der Waals surface area contributed by atoms with Crippen LogP contribution in [0.4, 0.5) is 0 Å². The molecule has 3 unspecified atom stereocenters. The van der Waals surface area contributed by atoms with Crippen LogP contribution < -0.4 is 5.32 Å². The van der Waals surface area contributed by atoms with Crippen LogP contribution in [0.1, 0.15) is 25.7 Å². The summed E-state index contributed by atoms with van der Waals surface area (Å²) >= 11 is 1.82. The van der Waals surface area contributed by atoms with Gasteiger partial charge >= 0.3 is 0 Å². The number of carbonyl (C=O) groups is 1. The SMILES string of the molecule is CSCCNC(=NCC(=O)N(C)C)N1CCN(C2CC3CCC2C3)CC1. The van der Waals surface area contributed by atoms with Crippen LogP contribution in [0.5, 0.6) is 0 Å². The van der Waals surface area contributed by atoms with Crippen molar-refractivity contribution in [2.45, 2.75) is 31.7 Å². The van der Waals surface area contributed by atoms with Crippen molar-refractivity contribution in [1.82, 2.24) is 20.0 Å². The molecule has 0 spiro atoms. The van der Waals surface area contributed by atoms with Gasteiger partial charge in [-0.3, -0.25) is 9.69 Å². The summed E-state index contributed by atoms with van der Waals surface area (Å²) in [6, 6.07) is 0.830. The number of hydrogen-bond donors (Lipinski definition) is 1. The van der Waals surface area contributed by atoms with Gasteiger partial charge in [0.05, 0.1) is 0 Å². The van der Waals surface area contributed by atoms with Gasteiger partial charge < -0.3 is 15.1 Å². The molecule has 2 aliphatic carbocycles. The molecule has 0 aromatic rings. The van der Waals surface area contributed by atoms with Gasteiger partial charge in [-0.2, -0.15) is 11.8 Å². The van der Waals surface area contributed by atoms with Crippen LogP contribution in [0, 0.1) is 11.8 Å². The van der Waals surface area contributed by atoms with E-state index in [0.717, 1.165) is 62.3 Å². The summed E-state index contributed by atoms with van der Waals surface area (Å²) < 4.78 is 0. The van der Waals surface area contributed by atoms with Crippen molar-refractivity contribution < 1.29 is 4.79 Å². The van der Waals surface area contributed by atoms with Crippen molar-refractivity contribution in [3.63, 3.8) is 0 Å². The highest BCUT2D eigenvalue weighted by molar-refractivity contribution is 7.98. The highest BCUT2D eigenvalue weighted by Gasteiger charge is 2.42. The summed E-state index contributed by atoms with van der Waals surface area (Å²) in [4.78, 5) is 23.2. The number of nitrogens with zero attached hydrogens (tertiary/aromatic N) is 4. The molecule has 0 aromatic carbocycles. The number of rotatable bonds is 6. The molecule has 0 aromatic heterocycles. The number of piperazine rings is 1. The molecule has 1 amide bonds. The second-order valence-electron chi connectivity index (χ2n) is 8.11. The molecule has 1 heterocycles. The topological polar surface area (TPSA) is 51.2 Å². The molecular formula is C19H35N5OS. The summed E-state index contributed by atoms with van der Waals surface area (Å²) in [7, 11) is 3.57. The molecule has 3 fully saturated rings. The Morgan fingerprint density at radius 1 is 1.19 bits per heavy atom. The van der Waals surface area contributed by atoms with Crippen LogP contribution in [0.2, 0.25) is 0 Å². The van der Waals surface area contributed by atoms with Gasteiger partial charge in [-0.05, 0) is 37.4 Å². The minimum Gasteiger partial charge on any atom is -0.355 e. The van der Waals surface area contributed by atoms with Crippen molar-refractivity contribution in [2.24, 2.45) is 16.8 Å². The van der Waals surface area contributed by atoms with Crippen molar-refractivity contribution in [1.29, 1.82) is 0 Å². The van der Waals surface area contributed by atoms with Gasteiger partial charge in [-0.1, -0.05) is 6.42 Å². The molecule has 0 radical (unpaired) electrons. The average Bonchev–Trinajstić information content (AvgIpc) is 3.28. The van der Waals surface area contributed by atoms with Gasteiger partial charge in [0.2, 0.25) is 5.91 Å². The molecule has 26 heavy (non-hydrogen) atoms. The fourth-order valence-corrected chi connectivity index (χ4v) is 5.05. The smallest absolute Gasteiger partial charge is 0.243 e. The Hall–Kier alpha value is -0.950. The summed E-state index contributed by atoms with van der Waals surface area (Å²) in [5.41, 5.74) is 0. The van der Waals surface area contributed by atoms with E-state index in [-0.39, 0.29) is 12.5 Å². The molecule has 3 atom stereocenters. The molecule has 2 saturated carbocycles. The van der Waals surface area contributed by atoms with Gasteiger partial charge in [0, 0.05) is 58.6 Å². The molecule has 3 aliphatic rings. The molecule has 148 valence electrons. The second-order valence-corrected chi connectivity index (χ2v) is 9.10. The zero-order valence-corrected chi connectivity index (χ0v) is 17.4.